The normalized spacial score (nSPS) is 16.8. The number of nitrogens with one attached hydrogen (secondary N) is 2. The summed E-state index contributed by atoms with van der Waals surface area (Å²) in [5.74, 6) is 0.0949. The lowest BCUT2D eigenvalue weighted by Gasteiger charge is -2.23. The van der Waals surface area contributed by atoms with Gasteiger partial charge in [-0.1, -0.05) is 48.0 Å². The molecule has 2 N–H and O–H groups in total. The van der Waals surface area contributed by atoms with Gasteiger partial charge in [-0.05, 0) is 42.5 Å². The Morgan fingerprint density at radius 1 is 1.21 bits per heavy atom. The zero-order valence-corrected chi connectivity index (χ0v) is 14.1. The molecule has 1 aromatic heterocycles. The van der Waals surface area contributed by atoms with E-state index >= 15 is 0 Å². The molecule has 1 aliphatic carbocycles. The van der Waals surface area contributed by atoms with Gasteiger partial charge in [0.2, 0.25) is 5.91 Å². The Labute approximate surface area is 146 Å². The maximum Gasteiger partial charge on any atom is 0.224 e. The number of hydrogen-bond acceptors (Lipinski definition) is 1. The Bertz CT molecular complexity index is 885. The summed E-state index contributed by atoms with van der Waals surface area (Å²) in [5, 5.41) is 5.16. The highest BCUT2D eigenvalue weighted by molar-refractivity contribution is 6.31. The highest BCUT2D eigenvalue weighted by Gasteiger charge is 2.23. The zero-order valence-electron chi connectivity index (χ0n) is 13.3. The molecule has 0 saturated heterocycles. The van der Waals surface area contributed by atoms with Gasteiger partial charge in [-0.3, -0.25) is 4.79 Å². The number of amides is 1. The predicted molar refractivity (Wildman–Crippen MR) is 97.4 cm³/mol. The Balaban J connectivity index is 1.48. The zero-order chi connectivity index (χ0) is 16.5. The quantitative estimate of drug-likeness (QED) is 0.744. The lowest BCUT2D eigenvalue weighted by Crippen LogP contribution is -2.39. The molecule has 1 amide bonds. The van der Waals surface area contributed by atoms with Crippen LogP contribution in [0.4, 0.5) is 0 Å². The summed E-state index contributed by atoms with van der Waals surface area (Å²) in [5.41, 5.74) is 4.73. The summed E-state index contributed by atoms with van der Waals surface area (Å²) in [7, 11) is 0. The number of aromatic amines is 1. The minimum atomic E-state index is 0.0949. The second-order valence-corrected chi connectivity index (χ2v) is 6.88. The van der Waals surface area contributed by atoms with Crippen molar-refractivity contribution in [3.8, 4) is 0 Å². The number of hydrogen-bond donors (Lipinski definition) is 2. The minimum Gasteiger partial charge on any atom is -0.358 e. The molecule has 0 aliphatic heterocycles. The van der Waals surface area contributed by atoms with Crippen LogP contribution in [0.2, 0.25) is 5.02 Å². The SMILES string of the molecule is O=C(Cc1ccccc1)NC1CCc2[nH]c3cc(Cl)ccc3c2C1. The maximum absolute atomic E-state index is 12.3. The third-order valence-corrected chi connectivity index (χ3v) is 4.96. The Morgan fingerprint density at radius 3 is 2.88 bits per heavy atom. The monoisotopic (exact) mass is 338 g/mol. The van der Waals surface area contributed by atoms with Gasteiger partial charge in [0.25, 0.3) is 0 Å². The molecule has 1 heterocycles. The molecule has 122 valence electrons. The molecule has 1 aliphatic rings. The lowest BCUT2D eigenvalue weighted by molar-refractivity contribution is -0.121. The number of aromatic nitrogens is 1. The van der Waals surface area contributed by atoms with Crippen LogP contribution in [0, 0.1) is 0 Å². The first kappa shape index (κ1) is 15.3. The highest BCUT2D eigenvalue weighted by atomic mass is 35.5. The molecular formula is C20H19ClN2O. The van der Waals surface area contributed by atoms with Crippen molar-refractivity contribution in [2.24, 2.45) is 0 Å². The fourth-order valence-electron chi connectivity index (χ4n) is 3.58. The summed E-state index contributed by atoms with van der Waals surface area (Å²) in [6.45, 7) is 0. The fraction of sp³-hybridized carbons (Fsp3) is 0.250. The maximum atomic E-state index is 12.3. The van der Waals surface area contributed by atoms with Crippen LogP contribution in [0.15, 0.2) is 48.5 Å². The number of carbonyl (C=O) groups is 1. The van der Waals surface area contributed by atoms with Crippen molar-refractivity contribution in [1.82, 2.24) is 10.3 Å². The van der Waals surface area contributed by atoms with Crippen molar-refractivity contribution in [2.75, 3.05) is 0 Å². The van der Waals surface area contributed by atoms with E-state index < -0.39 is 0 Å². The summed E-state index contributed by atoms with van der Waals surface area (Å²) in [6, 6.07) is 16.0. The van der Waals surface area contributed by atoms with Gasteiger partial charge >= 0.3 is 0 Å². The molecule has 0 fully saturated rings. The van der Waals surface area contributed by atoms with Crippen LogP contribution in [0.1, 0.15) is 23.2 Å². The largest absolute Gasteiger partial charge is 0.358 e. The van der Waals surface area contributed by atoms with Gasteiger partial charge in [0.1, 0.15) is 0 Å². The average Bonchev–Trinajstić information content (AvgIpc) is 2.92. The van der Waals surface area contributed by atoms with E-state index in [1.807, 2.05) is 42.5 Å². The summed E-state index contributed by atoms with van der Waals surface area (Å²) < 4.78 is 0. The molecule has 1 unspecified atom stereocenters. The van der Waals surface area contributed by atoms with Gasteiger partial charge in [-0.15, -0.1) is 0 Å². The molecule has 3 aromatic rings. The summed E-state index contributed by atoms with van der Waals surface area (Å²) in [6.07, 6.45) is 3.23. The average molecular weight is 339 g/mol. The molecule has 1 atom stereocenters. The first-order valence-electron chi connectivity index (χ1n) is 8.31. The third kappa shape index (κ3) is 3.04. The summed E-state index contributed by atoms with van der Waals surface area (Å²) in [4.78, 5) is 15.8. The number of H-pyrrole nitrogens is 1. The van der Waals surface area contributed by atoms with Crippen molar-refractivity contribution < 1.29 is 4.79 Å². The predicted octanol–water partition coefficient (Wildman–Crippen LogP) is 4.04. The van der Waals surface area contributed by atoms with Crippen LogP contribution in [-0.2, 0) is 24.1 Å². The number of carbonyl (C=O) groups excluding carboxylic acids is 1. The molecule has 24 heavy (non-hydrogen) atoms. The number of halogens is 1. The Hall–Kier alpha value is -2.26. The van der Waals surface area contributed by atoms with Crippen molar-refractivity contribution in [3.63, 3.8) is 0 Å². The Kier molecular flexibility index (Phi) is 4.03. The molecule has 2 aromatic carbocycles. The van der Waals surface area contributed by atoms with Gasteiger partial charge in [-0.2, -0.15) is 0 Å². The molecule has 0 saturated carbocycles. The molecular weight excluding hydrogens is 320 g/mol. The Morgan fingerprint density at radius 2 is 2.04 bits per heavy atom. The van der Waals surface area contributed by atoms with Crippen molar-refractivity contribution >= 4 is 28.4 Å². The molecule has 4 rings (SSSR count). The molecule has 3 nitrogen and oxygen atoms in total. The fourth-order valence-corrected chi connectivity index (χ4v) is 3.75. The van der Waals surface area contributed by atoms with Crippen LogP contribution in [-0.4, -0.2) is 16.9 Å². The smallest absolute Gasteiger partial charge is 0.224 e. The van der Waals surface area contributed by atoms with Crippen molar-refractivity contribution in [1.29, 1.82) is 0 Å². The van der Waals surface area contributed by atoms with Crippen LogP contribution < -0.4 is 5.32 Å². The van der Waals surface area contributed by atoms with E-state index in [4.69, 9.17) is 11.6 Å². The van der Waals surface area contributed by atoms with E-state index in [-0.39, 0.29) is 11.9 Å². The first-order valence-corrected chi connectivity index (χ1v) is 8.69. The van der Waals surface area contributed by atoms with E-state index in [0.29, 0.717) is 6.42 Å². The highest BCUT2D eigenvalue weighted by Crippen LogP contribution is 2.30. The topological polar surface area (TPSA) is 44.9 Å². The van der Waals surface area contributed by atoms with E-state index in [0.717, 1.165) is 35.4 Å². The van der Waals surface area contributed by atoms with Crippen molar-refractivity contribution in [3.05, 3.63) is 70.4 Å². The van der Waals surface area contributed by atoms with Gasteiger partial charge in [-0.25, -0.2) is 0 Å². The van der Waals surface area contributed by atoms with Gasteiger partial charge in [0.05, 0.1) is 6.42 Å². The standard InChI is InChI=1S/C20H19ClN2O/c21-14-6-8-16-17-12-15(7-9-18(17)23-19(16)11-14)22-20(24)10-13-4-2-1-3-5-13/h1-6,8,11,15,23H,7,9-10,12H2,(H,22,24). The number of fused-ring (bicyclic) bond motifs is 3. The minimum absolute atomic E-state index is 0.0949. The van der Waals surface area contributed by atoms with Crippen LogP contribution in [0.25, 0.3) is 10.9 Å². The summed E-state index contributed by atoms with van der Waals surface area (Å²) >= 11 is 6.08. The number of benzene rings is 2. The second-order valence-electron chi connectivity index (χ2n) is 6.44. The van der Waals surface area contributed by atoms with Crippen LogP contribution in [0.5, 0.6) is 0 Å². The van der Waals surface area contributed by atoms with Gasteiger partial charge in [0.15, 0.2) is 0 Å². The molecule has 0 spiro atoms. The van der Waals surface area contributed by atoms with E-state index in [1.54, 1.807) is 0 Å². The molecule has 0 bridgehead atoms. The second kappa shape index (κ2) is 6.33. The van der Waals surface area contributed by atoms with Crippen LogP contribution >= 0.6 is 11.6 Å². The van der Waals surface area contributed by atoms with E-state index in [9.17, 15) is 4.79 Å². The molecule has 0 radical (unpaired) electrons. The van der Waals surface area contributed by atoms with Gasteiger partial charge in [0, 0.05) is 27.7 Å². The third-order valence-electron chi connectivity index (χ3n) is 4.72. The van der Waals surface area contributed by atoms with Crippen LogP contribution in [0.3, 0.4) is 0 Å². The number of rotatable bonds is 3. The van der Waals surface area contributed by atoms with Crippen molar-refractivity contribution in [2.45, 2.75) is 31.7 Å². The van der Waals surface area contributed by atoms with Gasteiger partial charge < -0.3 is 10.3 Å². The lowest BCUT2D eigenvalue weighted by atomic mass is 9.91. The first-order chi connectivity index (χ1) is 11.7. The van der Waals surface area contributed by atoms with E-state index in [1.165, 1.54) is 16.6 Å². The molecule has 4 heteroatoms. The van der Waals surface area contributed by atoms with E-state index in [2.05, 4.69) is 16.4 Å². The number of aryl methyl sites for hydroxylation is 1.